The van der Waals surface area contributed by atoms with Gasteiger partial charge < -0.3 is 26.0 Å². The van der Waals surface area contributed by atoms with E-state index in [9.17, 15) is 15.0 Å². The predicted molar refractivity (Wildman–Crippen MR) is 102 cm³/mol. The molecule has 3 heterocycles. The van der Waals surface area contributed by atoms with Crippen LogP contribution in [0.1, 0.15) is 19.6 Å². The van der Waals surface area contributed by atoms with E-state index in [1.54, 1.807) is 4.57 Å². The summed E-state index contributed by atoms with van der Waals surface area (Å²) >= 11 is 0. The second-order valence-electron chi connectivity index (χ2n) is 6.62. The minimum absolute atomic E-state index is 0.0206. The molecule has 10 nitrogen and oxygen atoms in total. The van der Waals surface area contributed by atoms with Crippen molar-refractivity contribution in [2.75, 3.05) is 30.0 Å². The van der Waals surface area contributed by atoms with E-state index in [1.807, 2.05) is 0 Å². The van der Waals surface area contributed by atoms with Crippen LogP contribution in [-0.4, -0.2) is 78.3 Å². The molecule has 5 N–H and O–H groups in total. The van der Waals surface area contributed by atoms with E-state index in [1.165, 1.54) is 19.6 Å². The van der Waals surface area contributed by atoms with Crippen LogP contribution in [0.4, 0.5) is 5.82 Å². The Morgan fingerprint density at radius 2 is 2.15 bits per heavy atom. The number of nitrogens with two attached hydrogens (primary N) is 1. The Hall–Kier alpha value is -1.95. The van der Waals surface area contributed by atoms with Crippen LogP contribution in [0.5, 0.6) is 0 Å². The van der Waals surface area contributed by atoms with Crippen LogP contribution < -0.4 is 11.1 Å². The van der Waals surface area contributed by atoms with Gasteiger partial charge in [-0.25, -0.2) is 15.0 Å². The number of nitrogens with one attached hydrogen (secondary N) is 1. The number of nitrogens with zero attached hydrogens (tertiary/aromatic N) is 4. The molecule has 11 heteroatoms. The van der Waals surface area contributed by atoms with Gasteiger partial charge >= 0.3 is 0 Å². The fourth-order valence-corrected chi connectivity index (χ4v) is 4.74. The Morgan fingerprint density at radius 1 is 1.37 bits per heavy atom. The highest BCUT2D eigenvalue weighted by molar-refractivity contribution is 7.96. The van der Waals surface area contributed by atoms with Gasteiger partial charge in [-0.2, -0.15) is 0 Å². The lowest BCUT2D eigenvalue weighted by Crippen LogP contribution is -2.36. The lowest BCUT2D eigenvalue weighted by molar-refractivity contribution is -0.118. The maximum atomic E-state index is 10.9. The van der Waals surface area contributed by atoms with Gasteiger partial charge in [0.25, 0.3) is 0 Å². The molecule has 1 aliphatic heterocycles. The van der Waals surface area contributed by atoms with Crippen molar-refractivity contribution in [1.82, 2.24) is 24.8 Å². The molecular weight excluding hydrogens is 372 g/mol. The second-order valence-corrected chi connectivity index (χ2v) is 8.92. The molecule has 5 atom stereocenters. The molecule has 0 aromatic carbocycles. The summed E-state index contributed by atoms with van der Waals surface area (Å²) in [5.74, 6) is 1.74. The smallest absolute Gasteiger partial charge is 0.216 e. The lowest BCUT2D eigenvalue weighted by atomic mass is 10.1. The number of hydrogen-bond acceptors (Lipinski definition) is 8. The standard InChI is InChI=1S/C16H24N6O4S/c1-9(23)18-4-3-5-27(2)6-10-12(24)13(25)16(26-10)22-8-21-11-14(17)19-7-20-15(11)22/h7-8,10,12-13,16,24-25H,3-6H2,1-2H3,(H2-,17,18,19,20,23)/p+1/t10-,12-,13-,16-,27?/m1/s1. The van der Waals surface area contributed by atoms with Crippen molar-refractivity contribution in [3.63, 3.8) is 0 Å². The fraction of sp³-hybridized carbons (Fsp3) is 0.625. The average Bonchev–Trinajstić information content (AvgIpc) is 3.16. The van der Waals surface area contributed by atoms with Crippen LogP contribution in [0.3, 0.4) is 0 Å². The van der Waals surface area contributed by atoms with Gasteiger partial charge in [0.1, 0.15) is 41.7 Å². The Morgan fingerprint density at radius 3 is 2.89 bits per heavy atom. The summed E-state index contributed by atoms with van der Waals surface area (Å²) in [6, 6.07) is 0. The molecule has 3 rings (SSSR count). The molecule has 148 valence electrons. The Labute approximate surface area is 159 Å². The molecule has 0 saturated carbocycles. The second kappa shape index (κ2) is 8.38. The minimum atomic E-state index is -1.10. The summed E-state index contributed by atoms with van der Waals surface area (Å²) < 4.78 is 7.53. The molecule has 1 aliphatic rings. The summed E-state index contributed by atoms with van der Waals surface area (Å²) in [5, 5.41) is 23.7. The largest absolute Gasteiger partial charge is 0.387 e. The number of aliphatic hydroxyl groups excluding tert-OH is 2. The molecule has 0 bridgehead atoms. The molecule has 1 fully saturated rings. The Bertz CT molecular complexity index is 802. The van der Waals surface area contributed by atoms with Gasteiger partial charge in [0.15, 0.2) is 17.7 Å². The molecule has 1 unspecified atom stereocenters. The zero-order valence-electron chi connectivity index (χ0n) is 15.3. The van der Waals surface area contributed by atoms with Crippen molar-refractivity contribution in [2.45, 2.75) is 37.9 Å². The third-order valence-corrected chi connectivity index (χ3v) is 6.37. The number of hydrogen-bond donors (Lipinski definition) is 4. The van der Waals surface area contributed by atoms with Gasteiger partial charge in [-0.3, -0.25) is 9.36 Å². The van der Waals surface area contributed by atoms with E-state index in [2.05, 4.69) is 26.5 Å². The highest BCUT2D eigenvalue weighted by atomic mass is 32.2. The highest BCUT2D eigenvalue weighted by Gasteiger charge is 2.46. The molecule has 0 aliphatic carbocycles. The van der Waals surface area contributed by atoms with Crippen molar-refractivity contribution in [3.8, 4) is 0 Å². The summed E-state index contributed by atoms with van der Waals surface area (Å²) in [5.41, 5.74) is 6.67. The molecule has 0 radical (unpaired) electrons. The number of fused-ring (bicyclic) bond motifs is 1. The SMILES string of the molecule is CC(=O)NCCC[S+](C)C[C@H]1O[C@@H](n2cnc3c(N)ncnc32)[C@H](O)[C@@H]1O. The average molecular weight is 397 g/mol. The van der Waals surface area contributed by atoms with E-state index in [0.29, 0.717) is 23.5 Å². The van der Waals surface area contributed by atoms with Crippen LogP contribution in [0.15, 0.2) is 12.7 Å². The topological polar surface area (TPSA) is 148 Å². The molecule has 27 heavy (non-hydrogen) atoms. The summed E-state index contributed by atoms with van der Waals surface area (Å²) in [4.78, 5) is 23.1. The molecule has 2 aromatic rings. The molecule has 2 aromatic heterocycles. The number of imidazole rings is 1. The highest BCUT2D eigenvalue weighted by Crippen LogP contribution is 2.32. The van der Waals surface area contributed by atoms with Crippen molar-refractivity contribution >= 4 is 33.8 Å². The monoisotopic (exact) mass is 397 g/mol. The molecule has 0 spiro atoms. The first-order valence-electron chi connectivity index (χ1n) is 8.66. The van der Waals surface area contributed by atoms with E-state index >= 15 is 0 Å². The minimum Gasteiger partial charge on any atom is -0.387 e. The van der Waals surface area contributed by atoms with Crippen molar-refractivity contribution < 1.29 is 19.7 Å². The van der Waals surface area contributed by atoms with Gasteiger partial charge in [0.2, 0.25) is 5.91 Å². The van der Waals surface area contributed by atoms with Crippen LogP contribution in [0.25, 0.3) is 11.2 Å². The van der Waals surface area contributed by atoms with Gasteiger partial charge in [-0.1, -0.05) is 0 Å². The number of rotatable bonds is 7. The summed E-state index contributed by atoms with van der Waals surface area (Å²) in [6.07, 6.45) is 2.37. The maximum Gasteiger partial charge on any atom is 0.216 e. The van der Waals surface area contributed by atoms with Crippen LogP contribution in [0.2, 0.25) is 0 Å². The number of ether oxygens (including phenoxy) is 1. The number of anilines is 1. The predicted octanol–water partition coefficient (Wildman–Crippen LogP) is -1.20. The van der Waals surface area contributed by atoms with Gasteiger partial charge in [0, 0.05) is 19.9 Å². The molecule has 1 amide bonds. The summed E-state index contributed by atoms with van der Waals surface area (Å²) in [6.45, 7) is 2.13. The number of carbonyl (C=O) groups is 1. The number of amides is 1. The van der Waals surface area contributed by atoms with Gasteiger partial charge in [-0.15, -0.1) is 0 Å². The number of carbonyl (C=O) groups excluding carboxylic acids is 1. The van der Waals surface area contributed by atoms with Crippen molar-refractivity contribution in [2.24, 2.45) is 0 Å². The fourth-order valence-electron chi connectivity index (χ4n) is 3.10. The first-order valence-corrected chi connectivity index (χ1v) is 10.6. The van der Waals surface area contributed by atoms with Crippen molar-refractivity contribution in [3.05, 3.63) is 12.7 Å². The third kappa shape index (κ3) is 4.32. The Kier molecular flexibility index (Phi) is 6.15. The van der Waals surface area contributed by atoms with Crippen LogP contribution in [0, 0.1) is 0 Å². The lowest BCUT2D eigenvalue weighted by Gasteiger charge is -2.16. The number of nitrogen functional groups attached to an aromatic ring is 1. The molecular formula is C16H25N6O4S+. The van der Waals surface area contributed by atoms with E-state index in [4.69, 9.17) is 10.5 Å². The number of aliphatic hydroxyl groups is 2. The normalized spacial score (nSPS) is 26.4. The first kappa shape index (κ1) is 19.8. The van der Waals surface area contributed by atoms with E-state index < -0.39 is 24.5 Å². The maximum absolute atomic E-state index is 10.9. The van der Waals surface area contributed by atoms with E-state index in [0.717, 1.165) is 12.2 Å². The quantitative estimate of drug-likeness (QED) is 0.336. The number of aromatic nitrogens is 4. The zero-order chi connectivity index (χ0) is 19.6. The third-order valence-electron chi connectivity index (χ3n) is 4.49. The first-order chi connectivity index (χ1) is 12.9. The van der Waals surface area contributed by atoms with Crippen molar-refractivity contribution in [1.29, 1.82) is 0 Å². The molecule has 1 saturated heterocycles. The van der Waals surface area contributed by atoms with Gasteiger partial charge in [-0.05, 0) is 10.9 Å². The van der Waals surface area contributed by atoms with E-state index in [-0.39, 0.29) is 22.6 Å². The van der Waals surface area contributed by atoms with Gasteiger partial charge in [0.05, 0.1) is 12.6 Å². The van der Waals surface area contributed by atoms with Crippen LogP contribution >= 0.6 is 0 Å². The zero-order valence-corrected chi connectivity index (χ0v) is 16.1. The Balaban J connectivity index is 1.63. The summed E-state index contributed by atoms with van der Waals surface area (Å²) in [7, 11) is -0.0206. The van der Waals surface area contributed by atoms with Crippen LogP contribution in [-0.2, 0) is 20.4 Å².